The van der Waals surface area contributed by atoms with Crippen molar-refractivity contribution in [3.05, 3.63) is 53.1 Å². The Morgan fingerprint density at radius 2 is 2.00 bits per heavy atom. The van der Waals surface area contributed by atoms with E-state index < -0.39 is 0 Å². The Hall–Kier alpha value is -2.86. The Labute approximate surface area is 156 Å². The second-order valence-electron chi connectivity index (χ2n) is 5.84. The molecule has 1 aliphatic heterocycles. The number of halogens is 1. The number of methoxy groups -OCH3 is 1. The molecule has 7 heteroatoms. The third kappa shape index (κ3) is 3.70. The molecule has 2 aromatic rings. The van der Waals surface area contributed by atoms with Gasteiger partial charge in [-0.1, -0.05) is 29.8 Å². The van der Waals surface area contributed by atoms with Gasteiger partial charge < -0.3 is 10.1 Å². The van der Waals surface area contributed by atoms with E-state index in [1.807, 2.05) is 19.1 Å². The quantitative estimate of drug-likeness (QED) is 0.889. The lowest BCUT2D eigenvalue weighted by molar-refractivity contribution is -0.118. The summed E-state index contributed by atoms with van der Waals surface area (Å²) >= 11 is 6.14. The van der Waals surface area contributed by atoms with Gasteiger partial charge in [0.25, 0.3) is 5.91 Å². The van der Waals surface area contributed by atoms with E-state index >= 15 is 0 Å². The molecule has 1 N–H and O–H groups in total. The van der Waals surface area contributed by atoms with Gasteiger partial charge in [-0.2, -0.15) is 5.10 Å². The molecule has 2 amide bonds. The van der Waals surface area contributed by atoms with Gasteiger partial charge in [-0.15, -0.1) is 0 Å². The number of carbonyl (C=O) groups is 2. The fourth-order valence-corrected chi connectivity index (χ4v) is 2.75. The number of nitrogens with one attached hydrogen (secondary N) is 1. The minimum absolute atomic E-state index is 0.182. The summed E-state index contributed by atoms with van der Waals surface area (Å²) in [5.41, 5.74) is 2.25. The van der Waals surface area contributed by atoms with E-state index in [1.54, 1.807) is 30.3 Å². The van der Waals surface area contributed by atoms with Crippen molar-refractivity contribution < 1.29 is 14.3 Å². The van der Waals surface area contributed by atoms with Crippen LogP contribution in [0.5, 0.6) is 5.75 Å². The monoisotopic (exact) mass is 371 g/mol. The van der Waals surface area contributed by atoms with Crippen LogP contribution in [-0.4, -0.2) is 24.6 Å². The van der Waals surface area contributed by atoms with Crippen LogP contribution in [0.3, 0.4) is 0 Å². The molecule has 2 aromatic carbocycles. The Morgan fingerprint density at radius 3 is 2.73 bits per heavy atom. The highest BCUT2D eigenvalue weighted by Gasteiger charge is 2.26. The standard InChI is InChI=1S/C19H18ClN3O3/c1-12-7-8-13(11-14(12)20)23-18(24)10-9-16(22-23)19(25)21-15-5-3-4-6-17(15)26-2/h3-8,11H,9-10H2,1-2H3,(H,21,25). The van der Waals surface area contributed by atoms with Crippen LogP contribution in [0, 0.1) is 6.92 Å². The molecule has 134 valence electrons. The predicted octanol–water partition coefficient (Wildman–Crippen LogP) is 3.78. The maximum atomic E-state index is 12.6. The minimum atomic E-state index is -0.370. The molecule has 1 aliphatic rings. The maximum absolute atomic E-state index is 12.6. The molecule has 0 spiro atoms. The Bertz CT molecular complexity index is 895. The van der Waals surface area contributed by atoms with Crippen molar-refractivity contribution in [3.63, 3.8) is 0 Å². The molecule has 0 atom stereocenters. The van der Waals surface area contributed by atoms with Crippen LogP contribution in [0.15, 0.2) is 47.6 Å². The van der Waals surface area contributed by atoms with Gasteiger partial charge in [0.1, 0.15) is 11.5 Å². The van der Waals surface area contributed by atoms with Gasteiger partial charge >= 0.3 is 0 Å². The fourth-order valence-electron chi connectivity index (χ4n) is 2.57. The van der Waals surface area contributed by atoms with Gasteiger partial charge in [0.2, 0.25) is 5.91 Å². The van der Waals surface area contributed by atoms with Crippen LogP contribution in [0.25, 0.3) is 0 Å². The van der Waals surface area contributed by atoms with Gasteiger partial charge in [-0.25, -0.2) is 5.01 Å². The molecule has 26 heavy (non-hydrogen) atoms. The number of nitrogens with zero attached hydrogens (tertiary/aromatic N) is 2. The SMILES string of the molecule is COc1ccccc1NC(=O)C1=NN(c2ccc(C)c(Cl)c2)C(=O)CC1. The Balaban J connectivity index is 1.86. The summed E-state index contributed by atoms with van der Waals surface area (Å²) in [4.78, 5) is 24.8. The van der Waals surface area contributed by atoms with Gasteiger partial charge in [-0.05, 0) is 36.8 Å². The van der Waals surface area contributed by atoms with Gasteiger partial charge in [0.15, 0.2) is 0 Å². The summed E-state index contributed by atoms with van der Waals surface area (Å²) in [6.07, 6.45) is 0.472. The zero-order valence-electron chi connectivity index (χ0n) is 14.5. The van der Waals surface area contributed by atoms with Crippen molar-refractivity contribution in [3.8, 4) is 5.75 Å². The topological polar surface area (TPSA) is 71.0 Å². The van der Waals surface area contributed by atoms with Crippen LogP contribution in [0.2, 0.25) is 5.02 Å². The molecule has 0 radical (unpaired) electrons. The van der Waals surface area contributed by atoms with Crippen molar-refractivity contribution in [1.82, 2.24) is 0 Å². The first-order chi connectivity index (χ1) is 12.5. The Morgan fingerprint density at radius 1 is 1.23 bits per heavy atom. The van der Waals surface area contributed by atoms with E-state index in [1.165, 1.54) is 12.1 Å². The number of hydrogen-bond donors (Lipinski definition) is 1. The highest BCUT2D eigenvalue weighted by molar-refractivity contribution is 6.44. The van der Waals surface area contributed by atoms with E-state index in [9.17, 15) is 9.59 Å². The summed E-state index contributed by atoms with van der Waals surface area (Å²) < 4.78 is 5.23. The Kier molecular flexibility index (Phi) is 5.23. The van der Waals surface area contributed by atoms with Crippen LogP contribution >= 0.6 is 11.6 Å². The van der Waals surface area contributed by atoms with Crippen molar-refractivity contribution >= 4 is 40.5 Å². The lowest BCUT2D eigenvalue weighted by Gasteiger charge is -2.23. The third-order valence-corrected chi connectivity index (χ3v) is 4.46. The lowest BCUT2D eigenvalue weighted by atomic mass is 10.1. The van der Waals surface area contributed by atoms with Crippen LogP contribution < -0.4 is 15.1 Å². The number of benzene rings is 2. The van der Waals surface area contributed by atoms with Crippen LogP contribution in [0.1, 0.15) is 18.4 Å². The van der Waals surface area contributed by atoms with Crippen LogP contribution in [-0.2, 0) is 9.59 Å². The van der Waals surface area contributed by atoms with Crippen molar-refractivity contribution in [2.24, 2.45) is 5.10 Å². The van der Waals surface area contributed by atoms with E-state index in [4.69, 9.17) is 16.3 Å². The summed E-state index contributed by atoms with van der Waals surface area (Å²) in [5.74, 6) is -0.000483. The fraction of sp³-hybridized carbons (Fsp3) is 0.211. The van der Waals surface area contributed by atoms with Crippen molar-refractivity contribution in [2.75, 3.05) is 17.4 Å². The van der Waals surface area contributed by atoms with E-state index in [0.29, 0.717) is 22.1 Å². The molecule has 1 heterocycles. The summed E-state index contributed by atoms with van der Waals surface area (Å²) in [7, 11) is 1.53. The van der Waals surface area contributed by atoms with E-state index in [0.717, 1.165) is 5.56 Å². The number of ether oxygens (including phenoxy) is 1. The normalized spacial score (nSPS) is 14.0. The van der Waals surface area contributed by atoms with E-state index in [-0.39, 0.29) is 30.4 Å². The lowest BCUT2D eigenvalue weighted by Crippen LogP contribution is -2.36. The summed E-state index contributed by atoms with van der Waals surface area (Å²) in [5, 5.41) is 8.79. The second-order valence-corrected chi connectivity index (χ2v) is 6.25. The number of carbonyl (C=O) groups excluding carboxylic acids is 2. The average molecular weight is 372 g/mol. The molecule has 6 nitrogen and oxygen atoms in total. The van der Waals surface area contributed by atoms with Gasteiger partial charge in [-0.3, -0.25) is 9.59 Å². The zero-order valence-corrected chi connectivity index (χ0v) is 15.2. The molecule has 0 saturated carbocycles. The second kappa shape index (κ2) is 7.58. The maximum Gasteiger partial charge on any atom is 0.271 e. The largest absolute Gasteiger partial charge is 0.495 e. The molecule has 3 rings (SSSR count). The predicted molar refractivity (Wildman–Crippen MR) is 102 cm³/mol. The molecule has 0 saturated heterocycles. The number of hydrogen-bond acceptors (Lipinski definition) is 4. The number of anilines is 2. The number of hydrazone groups is 1. The van der Waals surface area contributed by atoms with Crippen molar-refractivity contribution in [2.45, 2.75) is 19.8 Å². The molecular formula is C19H18ClN3O3. The molecule has 0 aliphatic carbocycles. The summed E-state index contributed by atoms with van der Waals surface area (Å²) in [6, 6.07) is 12.3. The first-order valence-corrected chi connectivity index (χ1v) is 8.48. The van der Waals surface area contributed by atoms with Gasteiger partial charge in [0, 0.05) is 17.9 Å². The van der Waals surface area contributed by atoms with E-state index in [2.05, 4.69) is 10.4 Å². The number of para-hydroxylation sites is 2. The summed E-state index contributed by atoms with van der Waals surface area (Å²) in [6.45, 7) is 1.87. The van der Waals surface area contributed by atoms with Crippen LogP contribution in [0.4, 0.5) is 11.4 Å². The highest BCUT2D eigenvalue weighted by Crippen LogP contribution is 2.27. The molecule has 0 bridgehead atoms. The number of rotatable bonds is 4. The smallest absolute Gasteiger partial charge is 0.271 e. The molecule has 0 fully saturated rings. The molecule has 0 unspecified atom stereocenters. The highest BCUT2D eigenvalue weighted by atomic mass is 35.5. The third-order valence-electron chi connectivity index (χ3n) is 4.05. The molecular weight excluding hydrogens is 354 g/mol. The van der Waals surface area contributed by atoms with Gasteiger partial charge in [0.05, 0.1) is 18.5 Å². The minimum Gasteiger partial charge on any atom is -0.495 e. The zero-order chi connectivity index (χ0) is 18.7. The van der Waals surface area contributed by atoms with Crippen molar-refractivity contribution in [1.29, 1.82) is 0 Å². The number of amides is 2. The molecule has 0 aromatic heterocycles. The number of aryl methyl sites for hydroxylation is 1. The average Bonchev–Trinajstić information content (AvgIpc) is 2.65. The first kappa shape index (κ1) is 17.9. The first-order valence-electron chi connectivity index (χ1n) is 8.10.